The molecule has 0 aromatic heterocycles. The summed E-state index contributed by atoms with van der Waals surface area (Å²) >= 11 is 0. The Morgan fingerprint density at radius 1 is 1.17 bits per heavy atom. The van der Waals surface area contributed by atoms with Gasteiger partial charge in [0.2, 0.25) is 0 Å². The first kappa shape index (κ1) is 22.6. The maximum atomic E-state index is 14.8. The van der Waals surface area contributed by atoms with E-state index in [0.29, 0.717) is 13.1 Å². The fourth-order valence-corrected chi connectivity index (χ4v) is 3.21. The molecule has 1 aromatic carbocycles. The van der Waals surface area contributed by atoms with Gasteiger partial charge in [-0.05, 0) is 60.6 Å². The molecule has 0 unspecified atom stereocenters. The third-order valence-corrected chi connectivity index (χ3v) is 5.64. The average molecular weight is 420 g/mol. The second-order valence-electron chi connectivity index (χ2n) is 9.88. The number of hydrogen-bond acceptors (Lipinski definition) is 5. The monoisotopic (exact) mass is 420 g/mol. The number of carbonyl (C=O) groups excluding carboxylic acids is 2. The molecule has 0 radical (unpaired) electrons. The second-order valence-corrected chi connectivity index (χ2v) is 9.88. The van der Waals surface area contributed by atoms with E-state index in [1.165, 1.54) is 12.1 Å². The molecule has 1 N–H and O–H groups in total. The van der Waals surface area contributed by atoms with E-state index in [-0.39, 0.29) is 23.0 Å². The van der Waals surface area contributed by atoms with E-state index in [0.717, 1.165) is 0 Å². The molecule has 0 saturated carbocycles. The van der Waals surface area contributed by atoms with Gasteiger partial charge >= 0.3 is 13.2 Å². The molecule has 0 aliphatic carbocycles. The zero-order valence-electron chi connectivity index (χ0n) is 18.7. The molecule has 0 spiro atoms. The molecule has 2 saturated heterocycles. The fourth-order valence-electron chi connectivity index (χ4n) is 3.21. The molecule has 2 fully saturated rings. The number of carbonyl (C=O) groups is 2. The van der Waals surface area contributed by atoms with Gasteiger partial charge in [0.05, 0.1) is 17.2 Å². The number of hydrogen-bond donors (Lipinski definition) is 1. The molecule has 7 nitrogen and oxygen atoms in total. The highest BCUT2D eigenvalue weighted by atomic mass is 19.1. The van der Waals surface area contributed by atoms with E-state index < -0.39 is 35.8 Å². The van der Waals surface area contributed by atoms with Crippen LogP contribution in [-0.2, 0) is 14.0 Å². The molecule has 3 rings (SSSR count). The summed E-state index contributed by atoms with van der Waals surface area (Å²) in [7, 11) is -0.828. The minimum atomic E-state index is -0.828. The van der Waals surface area contributed by atoms with Crippen molar-refractivity contribution < 1.29 is 28.0 Å². The number of benzene rings is 1. The van der Waals surface area contributed by atoms with E-state index in [1.54, 1.807) is 31.7 Å². The van der Waals surface area contributed by atoms with Gasteiger partial charge in [0.25, 0.3) is 5.91 Å². The van der Waals surface area contributed by atoms with Crippen molar-refractivity contribution in [3.05, 3.63) is 29.6 Å². The lowest BCUT2D eigenvalue weighted by atomic mass is 9.78. The van der Waals surface area contributed by atoms with E-state index >= 15 is 0 Å². The minimum absolute atomic E-state index is 0.183. The molecule has 0 atom stereocenters. The molecule has 1 aromatic rings. The van der Waals surface area contributed by atoms with Gasteiger partial charge in [0.1, 0.15) is 11.4 Å². The van der Waals surface area contributed by atoms with Crippen LogP contribution in [0.3, 0.4) is 0 Å². The summed E-state index contributed by atoms with van der Waals surface area (Å²) in [5, 5.41) is 2.72. The SMILES string of the molecule is CC(C)(C)OC(=O)NC1CN(C(=O)c2ccc(B3OC(C)(C)C(C)(C)O3)c(F)c2)C1. The van der Waals surface area contributed by atoms with Crippen molar-refractivity contribution in [2.24, 2.45) is 0 Å². The van der Waals surface area contributed by atoms with Gasteiger partial charge in [-0.25, -0.2) is 9.18 Å². The summed E-state index contributed by atoms with van der Waals surface area (Å²) in [6.45, 7) is 13.6. The standard InChI is InChI=1S/C21H30BFN2O5/c1-19(2,3)28-18(27)24-14-11-25(12-14)17(26)13-8-9-15(16(23)10-13)22-29-20(4,5)21(6,7)30-22/h8-10,14H,11-12H2,1-7H3,(H,24,27). The number of likely N-dealkylation sites (tertiary alicyclic amines) is 1. The molecule has 0 bridgehead atoms. The first-order chi connectivity index (χ1) is 13.7. The van der Waals surface area contributed by atoms with Crippen LogP contribution in [0.4, 0.5) is 9.18 Å². The molecule has 2 aliphatic rings. The van der Waals surface area contributed by atoms with Gasteiger partial charge < -0.3 is 24.3 Å². The largest absolute Gasteiger partial charge is 0.497 e. The third kappa shape index (κ3) is 4.62. The number of amides is 2. The quantitative estimate of drug-likeness (QED) is 0.761. The first-order valence-electron chi connectivity index (χ1n) is 10.1. The lowest BCUT2D eigenvalue weighted by Gasteiger charge is -2.39. The summed E-state index contributed by atoms with van der Waals surface area (Å²) in [6.07, 6.45) is -0.516. The van der Waals surface area contributed by atoms with Crippen molar-refractivity contribution in [2.75, 3.05) is 13.1 Å². The zero-order valence-corrected chi connectivity index (χ0v) is 18.7. The van der Waals surface area contributed by atoms with E-state index in [9.17, 15) is 14.0 Å². The molecule has 2 heterocycles. The maximum absolute atomic E-state index is 14.8. The van der Waals surface area contributed by atoms with Crippen molar-refractivity contribution in [3.8, 4) is 0 Å². The van der Waals surface area contributed by atoms with Gasteiger partial charge in [-0.15, -0.1) is 0 Å². The van der Waals surface area contributed by atoms with Crippen LogP contribution in [0, 0.1) is 5.82 Å². The van der Waals surface area contributed by atoms with Crippen LogP contribution in [0.25, 0.3) is 0 Å². The van der Waals surface area contributed by atoms with Crippen LogP contribution in [0.5, 0.6) is 0 Å². The van der Waals surface area contributed by atoms with Crippen LogP contribution in [-0.4, -0.2) is 60.0 Å². The molecule has 2 amide bonds. The number of rotatable bonds is 3. The maximum Gasteiger partial charge on any atom is 0.497 e. The highest BCUT2D eigenvalue weighted by molar-refractivity contribution is 6.62. The Balaban J connectivity index is 1.59. The Labute approximate surface area is 177 Å². The van der Waals surface area contributed by atoms with Gasteiger partial charge in [0, 0.05) is 24.1 Å². The van der Waals surface area contributed by atoms with Crippen molar-refractivity contribution in [2.45, 2.75) is 71.3 Å². The van der Waals surface area contributed by atoms with E-state index in [1.807, 2.05) is 27.7 Å². The van der Waals surface area contributed by atoms with Crippen molar-refractivity contribution >= 4 is 24.6 Å². The number of ether oxygens (including phenoxy) is 1. The Hall–Kier alpha value is -2.13. The highest BCUT2D eigenvalue weighted by Gasteiger charge is 2.52. The summed E-state index contributed by atoms with van der Waals surface area (Å²) in [5.74, 6) is -0.847. The van der Waals surface area contributed by atoms with Crippen LogP contribution < -0.4 is 10.8 Å². The molecule has 2 aliphatic heterocycles. The highest BCUT2D eigenvalue weighted by Crippen LogP contribution is 2.36. The van der Waals surface area contributed by atoms with Crippen LogP contribution in [0.1, 0.15) is 58.8 Å². The molecule has 30 heavy (non-hydrogen) atoms. The predicted molar refractivity (Wildman–Crippen MR) is 111 cm³/mol. The number of nitrogens with zero attached hydrogens (tertiary/aromatic N) is 1. The van der Waals surface area contributed by atoms with Crippen LogP contribution in [0.2, 0.25) is 0 Å². The van der Waals surface area contributed by atoms with Crippen molar-refractivity contribution in [1.82, 2.24) is 10.2 Å². The number of alkyl carbamates (subject to hydrolysis) is 1. The zero-order chi connectivity index (χ0) is 22.5. The van der Waals surface area contributed by atoms with Gasteiger partial charge in [0.15, 0.2) is 0 Å². The van der Waals surface area contributed by atoms with Crippen molar-refractivity contribution in [3.63, 3.8) is 0 Å². The van der Waals surface area contributed by atoms with Gasteiger partial charge in [-0.1, -0.05) is 6.07 Å². The third-order valence-electron chi connectivity index (χ3n) is 5.64. The van der Waals surface area contributed by atoms with Crippen LogP contribution in [0.15, 0.2) is 18.2 Å². The summed E-state index contributed by atoms with van der Waals surface area (Å²) in [6, 6.07) is 4.12. The Bertz CT molecular complexity index is 830. The minimum Gasteiger partial charge on any atom is -0.444 e. The van der Waals surface area contributed by atoms with Crippen molar-refractivity contribution in [1.29, 1.82) is 0 Å². The molecule has 9 heteroatoms. The van der Waals surface area contributed by atoms with Gasteiger partial charge in [-0.2, -0.15) is 0 Å². The normalized spacial score (nSPS) is 20.7. The average Bonchev–Trinajstić information content (AvgIpc) is 2.75. The van der Waals surface area contributed by atoms with Crippen LogP contribution >= 0.6 is 0 Å². The molecular weight excluding hydrogens is 390 g/mol. The smallest absolute Gasteiger partial charge is 0.444 e. The van der Waals surface area contributed by atoms with E-state index in [4.69, 9.17) is 14.0 Å². The lowest BCUT2D eigenvalue weighted by Crippen LogP contribution is -2.61. The number of halogens is 1. The Kier molecular flexibility index (Phi) is 5.66. The summed E-state index contributed by atoms with van der Waals surface area (Å²) in [5.41, 5.74) is -1.24. The predicted octanol–water partition coefficient (Wildman–Crippen LogP) is 2.47. The summed E-state index contributed by atoms with van der Waals surface area (Å²) in [4.78, 5) is 26.0. The molecular formula is C21H30BFN2O5. The molecule has 164 valence electrons. The second kappa shape index (κ2) is 7.53. The summed E-state index contributed by atoms with van der Waals surface area (Å²) < 4.78 is 31.7. The lowest BCUT2D eigenvalue weighted by molar-refractivity contribution is 0.00578. The Morgan fingerprint density at radius 2 is 1.73 bits per heavy atom. The number of nitrogens with one attached hydrogen (secondary N) is 1. The van der Waals surface area contributed by atoms with Gasteiger partial charge in [-0.3, -0.25) is 4.79 Å². The van der Waals surface area contributed by atoms with E-state index in [2.05, 4.69) is 5.32 Å². The Morgan fingerprint density at radius 3 is 2.23 bits per heavy atom. The topological polar surface area (TPSA) is 77.1 Å². The fraction of sp³-hybridized carbons (Fsp3) is 0.619. The first-order valence-corrected chi connectivity index (χ1v) is 10.1.